The van der Waals surface area contributed by atoms with Gasteiger partial charge < -0.3 is 15.7 Å². The van der Waals surface area contributed by atoms with Crippen LogP contribution in [0.2, 0.25) is 0 Å². The van der Waals surface area contributed by atoms with E-state index in [9.17, 15) is 9.59 Å². The van der Waals surface area contributed by atoms with Crippen LogP contribution in [0, 0.1) is 0 Å². The van der Waals surface area contributed by atoms with E-state index in [0.717, 1.165) is 11.1 Å². The fourth-order valence-corrected chi connectivity index (χ4v) is 1.74. The second kappa shape index (κ2) is 7.04. The average Bonchev–Trinajstić information content (AvgIpc) is 2.52. The van der Waals surface area contributed by atoms with E-state index >= 15 is 0 Å². The number of carbonyl (C=O) groups is 2. The normalized spacial score (nSPS) is 9.90. The molecule has 0 fully saturated rings. The minimum Gasteiger partial charge on any atom is -0.478 e. The van der Waals surface area contributed by atoms with Gasteiger partial charge >= 0.3 is 12.0 Å². The van der Waals surface area contributed by atoms with Crippen molar-refractivity contribution in [3.63, 3.8) is 0 Å². The van der Waals surface area contributed by atoms with E-state index < -0.39 is 5.97 Å². The van der Waals surface area contributed by atoms with E-state index in [0.29, 0.717) is 6.54 Å². The summed E-state index contributed by atoms with van der Waals surface area (Å²) in [6.07, 6.45) is 3.34. The van der Waals surface area contributed by atoms with Crippen LogP contribution in [0.4, 0.5) is 4.79 Å². The van der Waals surface area contributed by atoms with Crippen molar-refractivity contribution in [1.82, 2.24) is 15.6 Å². The monoisotopic (exact) mass is 285 g/mol. The Bertz CT molecular complexity index is 629. The van der Waals surface area contributed by atoms with Crippen molar-refractivity contribution < 1.29 is 14.7 Å². The molecule has 0 spiro atoms. The fraction of sp³-hybridized carbons (Fsp3) is 0.133. The number of benzene rings is 1. The quantitative estimate of drug-likeness (QED) is 0.781. The van der Waals surface area contributed by atoms with Crippen LogP contribution in [0.1, 0.15) is 21.5 Å². The van der Waals surface area contributed by atoms with E-state index in [1.807, 2.05) is 6.07 Å². The number of urea groups is 1. The van der Waals surface area contributed by atoms with Crippen molar-refractivity contribution in [1.29, 1.82) is 0 Å². The maximum atomic E-state index is 11.6. The summed E-state index contributed by atoms with van der Waals surface area (Å²) in [6, 6.07) is 9.79. The molecule has 21 heavy (non-hydrogen) atoms. The molecule has 1 aromatic heterocycles. The molecule has 2 amide bonds. The van der Waals surface area contributed by atoms with Gasteiger partial charge in [-0.15, -0.1) is 0 Å². The second-order valence-corrected chi connectivity index (χ2v) is 4.40. The molecule has 0 aliphatic rings. The van der Waals surface area contributed by atoms with E-state index in [-0.39, 0.29) is 18.1 Å². The van der Waals surface area contributed by atoms with Gasteiger partial charge in [-0.25, -0.2) is 9.59 Å². The Kier molecular flexibility index (Phi) is 4.87. The lowest BCUT2D eigenvalue weighted by Gasteiger charge is -2.08. The number of nitrogens with zero attached hydrogens (tertiary/aromatic N) is 1. The summed E-state index contributed by atoms with van der Waals surface area (Å²) < 4.78 is 0. The molecule has 2 aromatic rings. The molecule has 3 N–H and O–H groups in total. The van der Waals surface area contributed by atoms with Crippen LogP contribution >= 0.6 is 0 Å². The van der Waals surface area contributed by atoms with Gasteiger partial charge in [0.2, 0.25) is 0 Å². The summed E-state index contributed by atoms with van der Waals surface area (Å²) in [7, 11) is 0. The topological polar surface area (TPSA) is 91.3 Å². The fourth-order valence-electron chi connectivity index (χ4n) is 1.74. The molecule has 6 heteroatoms. The highest BCUT2D eigenvalue weighted by Gasteiger charge is 2.04. The molecular formula is C15H15N3O3. The van der Waals surface area contributed by atoms with E-state index in [1.165, 1.54) is 12.1 Å². The summed E-state index contributed by atoms with van der Waals surface area (Å²) in [6.45, 7) is 0.648. The van der Waals surface area contributed by atoms with Gasteiger partial charge in [0.1, 0.15) is 0 Å². The van der Waals surface area contributed by atoms with Crippen LogP contribution < -0.4 is 10.6 Å². The molecule has 0 bridgehead atoms. The number of aromatic carboxylic acids is 1. The highest BCUT2D eigenvalue weighted by Crippen LogP contribution is 2.05. The summed E-state index contributed by atoms with van der Waals surface area (Å²) >= 11 is 0. The minimum absolute atomic E-state index is 0.199. The van der Waals surface area contributed by atoms with Crippen LogP contribution in [-0.4, -0.2) is 22.1 Å². The predicted molar refractivity (Wildman–Crippen MR) is 76.7 cm³/mol. The zero-order valence-corrected chi connectivity index (χ0v) is 11.2. The molecule has 1 aromatic carbocycles. The Morgan fingerprint density at radius 3 is 2.43 bits per heavy atom. The third-order valence-corrected chi connectivity index (χ3v) is 2.80. The summed E-state index contributed by atoms with van der Waals surface area (Å²) in [5, 5.41) is 14.3. The molecule has 6 nitrogen and oxygen atoms in total. The van der Waals surface area contributed by atoms with Gasteiger partial charge in [-0.3, -0.25) is 4.98 Å². The lowest BCUT2D eigenvalue weighted by Crippen LogP contribution is -2.34. The molecule has 2 rings (SSSR count). The second-order valence-electron chi connectivity index (χ2n) is 4.40. The summed E-state index contributed by atoms with van der Waals surface area (Å²) in [5.74, 6) is -0.988. The molecule has 108 valence electrons. The van der Waals surface area contributed by atoms with Gasteiger partial charge in [0.25, 0.3) is 0 Å². The first kappa shape index (κ1) is 14.5. The van der Waals surface area contributed by atoms with Gasteiger partial charge in [0.15, 0.2) is 0 Å². The van der Waals surface area contributed by atoms with Crippen LogP contribution in [0.5, 0.6) is 0 Å². The Balaban J connectivity index is 1.81. The number of pyridine rings is 1. The molecule has 0 atom stereocenters. The zero-order chi connectivity index (χ0) is 15.1. The Labute approximate surface area is 121 Å². The van der Waals surface area contributed by atoms with Crippen LogP contribution in [0.25, 0.3) is 0 Å². The van der Waals surface area contributed by atoms with Gasteiger partial charge in [-0.2, -0.15) is 0 Å². The lowest BCUT2D eigenvalue weighted by molar-refractivity contribution is 0.0696. The standard InChI is InChI=1S/C15H15N3O3/c19-14(20)13-5-1-3-11(7-13)9-17-15(21)18-10-12-4-2-6-16-8-12/h1-8H,9-10H2,(H,19,20)(H2,17,18,21). The number of aromatic nitrogens is 1. The number of carboxylic acids is 1. The SMILES string of the molecule is O=C(NCc1cccnc1)NCc1cccc(C(=O)O)c1. The number of rotatable bonds is 5. The number of hydrogen-bond donors (Lipinski definition) is 3. The molecule has 0 saturated carbocycles. The van der Waals surface area contributed by atoms with E-state index in [4.69, 9.17) is 5.11 Å². The van der Waals surface area contributed by atoms with E-state index in [2.05, 4.69) is 15.6 Å². The highest BCUT2D eigenvalue weighted by atomic mass is 16.4. The first-order valence-electron chi connectivity index (χ1n) is 6.38. The van der Waals surface area contributed by atoms with Gasteiger partial charge in [-0.1, -0.05) is 18.2 Å². The maximum Gasteiger partial charge on any atom is 0.335 e. The number of carboxylic acid groups (broad SMARTS) is 1. The van der Waals surface area contributed by atoms with Crippen molar-refractivity contribution in [2.75, 3.05) is 0 Å². The van der Waals surface area contributed by atoms with Gasteiger partial charge in [0, 0.05) is 25.5 Å². The Morgan fingerprint density at radius 2 is 1.76 bits per heavy atom. The number of carbonyl (C=O) groups excluding carboxylic acids is 1. The molecule has 0 radical (unpaired) electrons. The van der Waals surface area contributed by atoms with Crippen LogP contribution in [0.15, 0.2) is 48.8 Å². The predicted octanol–water partition coefficient (Wildman–Crippen LogP) is 1.78. The largest absolute Gasteiger partial charge is 0.478 e. The van der Waals surface area contributed by atoms with Gasteiger partial charge in [0.05, 0.1) is 5.56 Å². The van der Waals surface area contributed by atoms with E-state index in [1.54, 1.807) is 30.6 Å². The third kappa shape index (κ3) is 4.61. The molecule has 0 unspecified atom stereocenters. The van der Waals surface area contributed by atoms with Gasteiger partial charge in [-0.05, 0) is 29.3 Å². The van der Waals surface area contributed by atoms with Crippen molar-refractivity contribution in [2.45, 2.75) is 13.1 Å². The smallest absolute Gasteiger partial charge is 0.335 e. The van der Waals surface area contributed by atoms with Crippen molar-refractivity contribution in [3.05, 3.63) is 65.5 Å². The van der Waals surface area contributed by atoms with Crippen LogP contribution in [0.3, 0.4) is 0 Å². The van der Waals surface area contributed by atoms with Crippen LogP contribution in [-0.2, 0) is 13.1 Å². The highest BCUT2D eigenvalue weighted by molar-refractivity contribution is 5.87. The zero-order valence-electron chi connectivity index (χ0n) is 11.2. The number of nitrogens with one attached hydrogen (secondary N) is 2. The Morgan fingerprint density at radius 1 is 1.05 bits per heavy atom. The number of amides is 2. The summed E-state index contributed by atoms with van der Waals surface area (Å²) in [5.41, 5.74) is 1.83. The molecule has 0 aliphatic heterocycles. The van der Waals surface area contributed by atoms with Crippen molar-refractivity contribution in [2.24, 2.45) is 0 Å². The maximum absolute atomic E-state index is 11.6. The first-order chi connectivity index (χ1) is 10.1. The summed E-state index contributed by atoms with van der Waals surface area (Å²) in [4.78, 5) is 26.4. The molecular weight excluding hydrogens is 270 g/mol. The minimum atomic E-state index is -0.988. The molecule has 0 aliphatic carbocycles. The lowest BCUT2D eigenvalue weighted by atomic mass is 10.1. The van der Waals surface area contributed by atoms with Crippen molar-refractivity contribution in [3.8, 4) is 0 Å². The molecule has 1 heterocycles. The Hall–Kier alpha value is -2.89. The van der Waals surface area contributed by atoms with Crippen molar-refractivity contribution >= 4 is 12.0 Å². The first-order valence-corrected chi connectivity index (χ1v) is 6.38. The average molecular weight is 285 g/mol. The molecule has 0 saturated heterocycles. The number of hydrogen-bond acceptors (Lipinski definition) is 3. The third-order valence-electron chi connectivity index (χ3n) is 2.80.